The van der Waals surface area contributed by atoms with Gasteiger partial charge < -0.3 is 10.2 Å². The second kappa shape index (κ2) is 15.9. The Bertz CT molecular complexity index is 1720. The van der Waals surface area contributed by atoms with E-state index in [4.69, 9.17) is 0 Å². The first-order chi connectivity index (χ1) is 22.4. The first-order valence-corrected chi connectivity index (χ1v) is 17.7. The van der Waals surface area contributed by atoms with Crippen LogP contribution in [-0.2, 0) is 32.6 Å². The van der Waals surface area contributed by atoms with E-state index in [1.807, 2.05) is 94.4 Å². The fraction of sp³-hybridized carbons (Fsp3) is 0.333. The molecule has 0 heterocycles. The van der Waals surface area contributed by atoms with E-state index in [1.165, 1.54) is 9.21 Å². The molecule has 0 bridgehead atoms. The number of hydrogen-bond donors (Lipinski definition) is 1. The Kier molecular flexibility index (Phi) is 12.0. The molecule has 0 saturated carbocycles. The number of nitrogens with one attached hydrogen (secondary N) is 1. The first-order valence-electron chi connectivity index (χ1n) is 16.3. The van der Waals surface area contributed by atoms with Crippen LogP contribution >= 0.6 is 0 Å². The monoisotopic (exact) mass is 653 g/mol. The minimum atomic E-state index is -4.15. The van der Waals surface area contributed by atoms with Crippen molar-refractivity contribution >= 4 is 27.5 Å². The van der Waals surface area contributed by atoms with E-state index in [0.29, 0.717) is 5.69 Å². The van der Waals surface area contributed by atoms with Crippen molar-refractivity contribution in [1.82, 2.24) is 10.2 Å². The molecule has 0 aliphatic heterocycles. The average Bonchev–Trinajstić information content (AvgIpc) is 3.06. The van der Waals surface area contributed by atoms with Gasteiger partial charge in [-0.05, 0) is 74.1 Å². The summed E-state index contributed by atoms with van der Waals surface area (Å²) in [6.07, 6.45) is 0.999. The zero-order chi connectivity index (χ0) is 34.1. The second-order valence-electron chi connectivity index (χ2n) is 12.6. The SMILES string of the molecule is CCC(C)NC(=O)C(Cc1ccccc1)N(Cc1ccc(C)cc1)C(=O)CN(c1ccc(C(C)C)cc1)S(=O)(=O)c1ccc(C)cc1. The van der Waals surface area contributed by atoms with Crippen LogP contribution < -0.4 is 9.62 Å². The van der Waals surface area contributed by atoms with Gasteiger partial charge in [0.15, 0.2) is 0 Å². The molecule has 1 N–H and O–H groups in total. The largest absolute Gasteiger partial charge is 0.352 e. The van der Waals surface area contributed by atoms with Gasteiger partial charge in [-0.3, -0.25) is 13.9 Å². The van der Waals surface area contributed by atoms with Crippen LogP contribution in [0.15, 0.2) is 108 Å². The number of carbonyl (C=O) groups excluding carboxylic acids is 2. The normalized spacial score (nSPS) is 12.7. The highest BCUT2D eigenvalue weighted by molar-refractivity contribution is 7.92. The number of hydrogen-bond acceptors (Lipinski definition) is 4. The lowest BCUT2D eigenvalue weighted by atomic mass is 10.0. The average molecular weight is 654 g/mol. The Morgan fingerprint density at radius 3 is 1.87 bits per heavy atom. The highest BCUT2D eigenvalue weighted by Crippen LogP contribution is 2.27. The minimum absolute atomic E-state index is 0.0873. The van der Waals surface area contributed by atoms with E-state index < -0.39 is 28.5 Å². The third-order valence-electron chi connectivity index (χ3n) is 8.48. The number of nitrogens with zero attached hydrogens (tertiary/aromatic N) is 2. The molecule has 4 rings (SSSR count). The number of rotatable bonds is 14. The molecule has 2 amide bonds. The molecular weight excluding hydrogens is 607 g/mol. The van der Waals surface area contributed by atoms with Crippen LogP contribution in [0.4, 0.5) is 5.69 Å². The maximum atomic E-state index is 14.6. The highest BCUT2D eigenvalue weighted by Gasteiger charge is 2.35. The molecule has 0 aromatic heterocycles. The molecule has 2 unspecified atom stereocenters. The van der Waals surface area contributed by atoms with Crippen LogP contribution in [0.2, 0.25) is 0 Å². The summed E-state index contributed by atoms with van der Waals surface area (Å²) in [6.45, 7) is 11.6. The molecule has 47 heavy (non-hydrogen) atoms. The molecule has 7 nitrogen and oxygen atoms in total. The molecule has 0 spiro atoms. The second-order valence-corrected chi connectivity index (χ2v) is 14.5. The van der Waals surface area contributed by atoms with Crippen LogP contribution in [0.3, 0.4) is 0 Å². The van der Waals surface area contributed by atoms with Gasteiger partial charge in [0.1, 0.15) is 12.6 Å². The van der Waals surface area contributed by atoms with Crippen molar-refractivity contribution in [1.29, 1.82) is 0 Å². The van der Waals surface area contributed by atoms with Gasteiger partial charge in [-0.1, -0.05) is 111 Å². The molecule has 4 aromatic rings. The van der Waals surface area contributed by atoms with Gasteiger partial charge in [0, 0.05) is 19.0 Å². The van der Waals surface area contributed by atoms with E-state index in [0.717, 1.165) is 34.2 Å². The van der Waals surface area contributed by atoms with Crippen LogP contribution in [0, 0.1) is 13.8 Å². The molecule has 0 radical (unpaired) electrons. The third-order valence-corrected chi connectivity index (χ3v) is 10.3. The standard InChI is InChI=1S/C39H47N3O4S/c1-7-31(6)40-39(44)37(25-32-11-9-8-10-12-32)41(26-33-17-13-29(4)14-18-33)38(43)27-42(35-21-19-34(20-22-35)28(2)3)47(45,46)36-23-15-30(5)16-24-36/h8-24,28,31,37H,7,25-27H2,1-6H3,(H,40,44). The Morgan fingerprint density at radius 2 is 1.32 bits per heavy atom. The highest BCUT2D eigenvalue weighted by atomic mass is 32.2. The van der Waals surface area contributed by atoms with Crippen molar-refractivity contribution in [3.05, 3.63) is 131 Å². The van der Waals surface area contributed by atoms with Gasteiger partial charge in [-0.25, -0.2) is 8.42 Å². The van der Waals surface area contributed by atoms with Crippen LogP contribution in [0.5, 0.6) is 0 Å². The van der Waals surface area contributed by atoms with E-state index in [9.17, 15) is 18.0 Å². The Balaban J connectivity index is 1.81. The predicted molar refractivity (Wildman–Crippen MR) is 190 cm³/mol. The van der Waals surface area contributed by atoms with Crippen LogP contribution in [-0.4, -0.2) is 43.8 Å². The van der Waals surface area contributed by atoms with Crippen molar-refractivity contribution in [2.24, 2.45) is 0 Å². The number of anilines is 1. The zero-order valence-electron chi connectivity index (χ0n) is 28.3. The van der Waals surface area contributed by atoms with Crippen molar-refractivity contribution in [2.75, 3.05) is 10.8 Å². The lowest BCUT2D eigenvalue weighted by molar-refractivity contribution is -0.140. The fourth-order valence-electron chi connectivity index (χ4n) is 5.28. The van der Waals surface area contributed by atoms with Crippen molar-refractivity contribution in [3.8, 4) is 0 Å². The van der Waals surface area contributed by atoms with Gasteiger partial charge in [0.2, 0.25) is 11.8 Å². The Hall–Kier alpha value is -4.43. The molecule has 4 aromatic carbocycles. The topological polar surface area (TPSA) is 86.8 Å². The molecule has 0 saturated heterocycles. The fourth-order valence-corrected chi connectivity index (χ4v) is 6.69. The predicted octanol–water partition coefficient (Wildman–Crippen LogP) is 7.18. The van der Waals surface area contributed by atoms with E-state index in [-0.39, 0.29) is 35.7 Å². The number of amides is 2. The lowest BCUT2D eigenvalue weighted by Crippen LogP contribution is -2.54. The van der Waals surface area contributed by atoms with E-state index in [2.05, 4.69) is 19.2 Å². The lowest BCUT2D eigenvalue weighted by Gasteiger charge is -2.34. The van der Waals surface area contributed by atoms with E-state index >= 15 is 0 Å². The molecule has 8 heteroatoms. The van der Waals surface area contributed by atoms with Crippen molar-refractivity contribution < 1.29 is 18.0 Å². The van der Waals surface area contributed by atoms with Gasteiger partial charge in [0.05, 0.1) is 10.6 Å². The summed E-state index contributed by atoms with van der Waals surface area (Å²) in [4.78, 5) is 30.2. The minimum Gasteiger partial charge on any atom is -0.352 e. The summed E-state index contributed by atoms with van der Waals surface area (Å²) in [5.41, 5.74) is 5.16. The molecular formula is C39H47N3O4S. The van der Waals surface area contributed by atoms with E-state index in [1.54, 1.807) is 36.4 Å². The summed E-state index contributed by atoms with van der Waals surface area (Å²) in [5, 5.41) is 3.08. The number of carbonyl (C=O) groups is 2. The number of benzene rings is 4. The number of sulfonamides is 1. The first kappa shape index (κ1) is 35.4. The summed E-state index contributed by atoms with van der Waals surface area (Å²) >= 11 is 0. The molecule has 0 fully saturated rings. The maximum absolute atomic E-state index is 14.6. The van der Waals surface area contributed by atoms with Gasteiger partial charge in [-0.2, -0.15) is 0 Å². The number of aryl methyl sites for hydroxylation is 2. The molecule has 2 atom stereocenters. The van der Waals surface area contributed by atoms with Crippen molar-refractivity contribution in [3.63, 3.8) is 0 Å². The van der Waals surface area contributed by atoms with Crippen LogP contribution in [0.1, 0.15) is 67.9 Å². The molecule has 248 valence electrons. The smallest absolute Gasteiger partial charge is 0.264 e. The Labute approximate surface area is 280 Å². The summed E-state index contributed by atoms with van der Waals surface area (Å²) in [5.74, 6) is -0.507. The summed E-state index contributed by atoms with van der Waals surface area (Å²) in [6, 6.07) is 30.3. The maximum Gasteiger partial charge on any atom is 0.264 e. The van der Waals surface area contributed by atoms with Gasteiger partial charge in [-0.15, -0.1) is 0 Å². The van der Waals surface area contributed by atoms with Gasteiger partial charge in [0.25, 0.3) is 10.0 Å². The third kappa shape index (κ3) is 9.32. The summed E-state index contributed by atoms with van der Waals surface area (Å²) in [7, 11) is -4.15. The quantitative estimate of drug-likeness (QED) is 0.156. The van der Waals surface area contributed by atoms with Gasteiger partial charge >= 0.3 is 0 Å². The Morgan fingerprint density at radius 1 is 0.745 bits per heavy atom. The van der Waals surface area contributed by atoms with Crippen molar-refractivity contribution in [2.45, 2.75) is 83.8 Å². The zero-order valence-corrected chi connectivity index (χ0v) is 29.1. The molecule has 0 aliphatic rings. The van der Waals surface area contributed by atoms with Crippen LogP contribution in [0.25, 0.3) is 0 Å². The summed E-state index contributed by atoms with van der Waals surface area (Å²) < 4.78 is 29.7. The molecule has 0 aliphatic carbocycles.